The predicted molar refractivity (Wildman–Crippen MR) is 74.9 cm³/mol. The number of hydrogen-bond donors (Lipinski definition) is 2. The van der Waals surface area contributed by atoms with E-state index in [4.69, 9.17) is 0 Å². The molecule has 20 heavy (non-hydrogen) atoms. The zero-order valence-corrected chi connectivity index (χ0v) is 10.5. The fourth-order valence-electron chi connectivity index (χ4n) is 1.50. The number of aliphatic hydroxyl groups excluding tert-OH is 1. The van der Waals surface area contributed by atoms with Crippen LogP contribution in [0, 0.1) is 0 Å². The van der Waals surface area contributed by atoms with Gasteiger partial charge >= 0.3 is 0 Å². The number of nitrogens with zero attached hydrogens (tertiary/aromatic N) is 1. The molecule has 0 unspecified atom stereocenters. The molecule has 5 nitrogen and oxygen atoms in total. The number of pyridine rings is 1. The summed E-state index contributed by atoms with van der Waals surface area (Å²) < 4.78 is 0. The summed E-state index contributed by atoms with van der Waals surface area (Å²) in [5.41, 5.74) is 0.464. The highest BCUT2D eigenvalue weighted by Gasteiger charge is 2.13. The first-order valence-corrected chi connectivity index (χ1v) is 5.89. The Morgan fingerprint density at radius 3 is 2.40 bits per heavy atom. The summed E-state index contributed by atoms with van der Waals surface area (Å²) in [6, 6.07) is 13.4. The molecule has 1 amide bonds. The van der Waals surface area contributed by atoms with Gasteiger partial charge in [-0.25, -0.2) is 4.98 Å². The van der Waals surface area contributed by atoms with E-state index in [1.54, 1.807) is 48.5 Å². The molecule has 2 aromatic rings. The normalized spacial score (nSPS) is 10.9. The lowest BCUT2D eigenvalue weighted by Crippen LogP contribution is -2.21. The molecule has 1 heterocycles. The van der Waals surface area contributed by atoms with Crippen LogP contribution in [-0.4, -0.2) is 21.8 Å². The number of amides is 1. The molecule has 0 fully saturated rings. The zero-order chi connectivity index (χ0) is 14.4. The van der Waals surface area contributed by atoms with Crippen molar-refractivity contribution in [2.75, 3.05) is 5.32 Å². The molecule has 0 atom stereocenters. The van der Waals surface area contributed by atoms with Gasteiger partial charge in [-0.2, -0.15) is 0 Å². The minimum absolute atomic E-state index is 0.258. The average Bonchev–Trinajstić information content (AvgIpc) is 2.49. The quantitative estimate of drug-likeness (QED) is 0.506. The summed E-state index contributed by atoms with van der Waals surface area (Å²) in [5, 5.41) is 12.1. The summed E-state index contributed by atoms with van der Waals surface area (Å²) in [4.78, 5) is 27.1. The van der Waals surface area contributed by atoms with Crippen LogP contribution in [0.3, 0.4) is 0 Å². The van der Waals surface area contributed by atoms with Gasteiger partial charge in [0, 0.05) is 17.8 Å². The van der Waals surface area contributed by atoms with Gasteiger partial charge in [0.25, 0.3) is 5.91 Å². The Morgan fingerprint density at radius 1 is 1.05 bits per heavy atom. The number of nitrogens with one attached hydrogen (secondary N) is 1. The Morgan fingerprint density at radius 2 is 1.75 bits per heavy atom. The minimum Gasteiger partial charge on any atom is -0.507 e. The molecule has 0 aliphatic heterocycles. The first kappa shape index (κ1) is 13.5. The first-order valence-electron chi connectivity index (χ1n) is 5.89. The lowest BCUT2D eigenvalue weighted by Gasteiger charge is -2.02. The van der Waals surface area contributed by atoms with Gasteiger partial charge in [0.05, 0.1) is 0 Å². The molecule has 2 N–H and O–H groups in total. The van der Waals surface area contributed by atoms with Crippen LogP contribution < -0.4 is 5.32 Å². The van der Waals surface area contributed by atoms with Gasteiger partial charge in [0.15, 0.2) is 0 Å². The lowest BCUT2D eigenvalue weighted by atomic mass is 10.1. The summed E-state index contributed by atoms with van der Waals surface area (Å²) in [5.74, 6) is -1.69. The van der Waals surface area contributed by atoms with E-state index in [0.717, 1.165) is 6.08 Å². The first-order chi connectivity index (χ1) is 9.66. The second-order valence-corrected chi connectivity index (χ2v) is 3.93. The highest BCUT2D eigenvalue weighted by Crippen LogP contribution is 2.10. The topological polar surface area (TPSA) is 79.3 Å². The number of anilines is 1. The van der Waals surface area contributed by atoms with Crippen LogP contribution in [0.25, 0.3) is 5.76 Å². The van der Waals surface area contributed by atoms with E-state index in [-0.39, 0.29) is 11.6 Å². The molecule has 0 saturated heterocycles. The molecule has 0 bridgehead atoms. The van der Waals surface area contributed by atoms with Crippen molar-refractivity contribution in [2.24, 2.45) is 0 Å². The lowest BCUT2D eigenvalue weighted by molar-refractivity contribution is -0.132. The van der Waals surface area contributed by atoms with Crippen LogP contribution >= 0.6 is 0 Å². The highest BCUT2D eigenvalue weighted by molar-refractivity contribution is 6.45. The molecule has 1 aromatic heterocycles. The van der Waals surface area contributed by atoms with Gasteiger partial charge in [-0.3, -0.25) is 9.59 Å². The Bertz CT molecular complexity index is 637. The molecule has 0 saturated carbocycles. The second-order valence-electron chi connectivity index (χ2n) is 3.93. The number of ketones is 1. The molecular weight excluding hydrogens is 256 g/mol. The standard InChI is InChI=1S/C15H12N2O3/c18-12(11-6-2-1-3-7-11)10-13(19)15(20)17-14-8-4-5-9-16-14/h1-10,18H,(H,16,17,20). The maximum atomic E-state index is 11.7. The van der Waals surface area contributed by atoms with E-state index in [0.29, 0.717) is 5.56 Å². The van der Waals surface area contributed by atoms with E-state index in [1.807, 2.05) is 0 Å². The molecule has 1 aromatic carbocycles. The molecule has 0 aliphatic rings. The number of rotatable bonds is 4. The van der Waals surface area contributed by atoms with Crippen LogP contribution in [0.1, 0.15) is 5.56 Å². The van der Waals surface area contributed by atoms with Crippen molar-refractivity contribution in [3.8, 4) is 0 Å². The largest absolute Gasteiger partial charge is 0.507 e. The highest BCUT2D eigenvalue weighted by atomic mass is 16.3. The van der Waals surface area contributed by atoms with Crippen molar-refractivity contribution in [1.82, 2.24) is 4.98 Å². The van der Waals surface area contributed by atoms with Gasteiger partial charge in [-0.15, -0.1) is 0 Å². The zero-order valence-electron chi connectivity index (χ0n) is 10.5. The third kappa shape index (κ3) is 3.52. The molecule has 0 spiro atoms. The van der Waals surface area contributed by atoms with Gasteiger partial charge < -0.3 is 10.4 Å². The van der Waals surface area contributed by atoms with Gasteiger partial charge in [-0.05, 0) is 12.1 Å². The molecule has 5 heteroatoms. The fraction of sp³-hybridized carbons (Fsp3) is 0. The Hall–Kier alpha value is -2.95. The minimum atomic E-state index is -0.855. The Labute approximate surface area is 115 Å². The smallest absolute Gasteiger partial charge is 0.297 e. The van der Waals surface area contributed by atoms with Crippen LogP contribution in [0.2, 0.25) is 0 Å². The number of benzene rings is 1. The summed E-state index contributed by atoms with van der Waals surface area (Å²) in [6.07, 6.45) is 2.38. The fourth-order valence-corrected chi connectivity index (χ4v) is 1.50. The van der Waals surface area contributed by atoms with Gasteiger partial charge in [0.1, 0.15) is 11.6 Å². The van der Waals surface area contributed by atoms with Gasteiger partial charge in [0.2, 0.25) is 5.78 Å². The van der Waals surface area contributed by atoms with Crippen molar-refractivity contribution in [3.05, 3.63) is 66.4 Å². The van der Waals surface area contributed by atoms with Crippen LogP contribution in [-0.2, 0) is 9.59 Å². The van der Waals surface area contributed by atoms with E-state index >= 15 is 0 Å². The third-order valence-electron chi connectivity index (χ3n) is 2.47. The monoisotopic (exact) mass is 268 g/mol. The third-order valence-corrected chi connectivity index (χ3v) is 2.47. The molecular formula is C15H12N2O3. The maximum absolute atomic E-state index is 11.7. The van der Waals surface area contributed by atoms with E-state index in [1.165, 1.54) is 6.20 Å². The number of carbonyl (C=O) groups is 2. The number of hydrogen-bond acceptors (Lipinski definition) is 4. The van der Waals surface area contributed by atoms with E-state index in [2.05, 4.69) is 10.3 Å². The summed E-state index contributed by atoms with van der Waals surface area (Å²) in [6.45, 7) is 0. The van der Waals surface area contributed by atoms with Crippen molar-refractivity contribution in [3.63, 3.8) is 0 Å². The van der Waals surface area contributed by atoms with E-state index in [9.17, 15) is 14.7 Å². The number of aromatic nitrogens is 1. The Kier molecular flexibility index (Phi) is 4.24. The average molecular weight is 268 g/mol. The number of aliphatic hydroxyl groups is 1. The van der Waals surface area contributed by atoms with Crippen molar-refractivity contribution >= 4 is 23.3 Å². The summed E-state index contributed by atoms with van der Waals surface area (Å²) in [7, 11) is 0. The van der Waals surface area contributed by atoms with E-state index < -0.39 is 11.7 Å². The predicted octanol–water partition coefficient (Wildman–Crippen LogP) is 2.19. The van der Waals surface area contributed by atoms with Crippen molar-refractivity contribution in [2.45, 2.75) is 0 Å². The molecule has 0 aliphatic carbocycles. The van der Waals surface area contributed by atoms with Crippen molar-refractivity contribution in [1.29, 1.82) is 0 Å². The molecule has 2 rings (SSSR count). The summed E-state index contributed by atoms with van der Waals surface area (Å²) >= 11 is 0. The maximum Gasteiger partial charge on any atom is 0.297 e. The van der Waals surface area contributed by atoms with Crippen molar-refractivity contribution < 1.29 is 14.7 Å². The van der Waals surface area contributed by atoms with Crippen LogP contribution in [0.5, 0.6) is 0 Å². The van der Waals surface area contributed by atoms with Gasteiger partial charge in [-0.1, -0.05) is 36.4 Å². The van der Waals surface area contributed by atoms with Crippen LogP contribution in [0.15, 0.2) is 60.8 Å². The Balaban J connectivity index is 2.06. The molecule has 100 valence electrons. The van der Waals surface area contributed by atoms with Crippen LogP contribution in [0.4, 0.5) is 5.82 Å². The number of carbonyl (C=O) groups excluding carboxylic acids is 2. The second kappa shape index (κ2) is 6.29. The molecule has 0 radical (unpaired) electrons. The SMILES string of the molecule is O=C(C=C(O)c1ccccc1)C(=O)Nc1ccccn1.